The van der Waals surface area contributed by atoms with Crippen molar-refractivity contribution in [3.63, 3.8) is 0 Å². The highest BCUT2D eigenvalue weighted by molar-refractivity contribution is 8.00. The molecule has 4 nitrogen and oxygen atoms in total. The van der Waals surface area contributed by atoms with E-state index in [0.29, 0.717) is 23.9 Å². The lowest BCUT2D eigenvalue weighted by molar-refractivity contribution is -0.118. The zero-order valence-corrected chi connectivity index (χ0v) is 13.7. The molecular formula is C13H20Cl2N2O2S. The Morgan fingerprint density at radius 1 is 1.30 bits per heavy atom. The minimum atomic E-state index is 0. The molecule has 1 aromatic rings. The lowest BCUT2D eigenvalue weighted by Gasteiger charge is -2.07. The summed E-state index contributed by atoms with van der Waals surface area (Å²) in [5.74, 6) is 0.389. The third-order valence-electron chi connectivity index (χ3n) is 2.30. The topological polar surface area (TPSA) is 50.4 Å². The molecule has 0 saturated heterocycles. The van der Waals surface area contributed by atoms with Gasteiger partial charge in [0.15, 0.2) is 0 Å². The second kappa shape index (κ2) is 12.3. The van der Waals surface area contributed by atoms with Crippen molar-refractivity contribution in [2.45, 2.75) is 4.90 Å². The predicted octanol–water partition coefficient (Wildman–Crippen LogP) is 2.21. The Morgan fingerprint density at radius 2 is 2.05 bits per heavy atom. The van der Waals surface area contributed by atoms with E-state index in [0.717, 1.165) is 18.0 Å². The van der Waals surface area contributed by atoms with Crippen LogP contribution in [-0.2, 0) is 9.53 Å². The fourth-order valence-corrected chi connectivity index (χ4v) is 2.41. The average molecular weight is 339 g/mol. The molecular weight excluding hydrogens is 319 g/mol. The lowest BCUT2D eigenvalue weighted by Crippen LogP contribution is -2.33. The number of halogens is 2. The van der Waals surface area contributed by atoms with Gasteiger partial charge in [-0.3, -0.25) is 4.79 Å². The molecule has 0 aliphatic rings. The molecule has 0 saturated carbocycles. The smallest absolute Gasteiger partial charge is 0.230 e. The molecule has 0 bridgehead atoms. The first kappa shape index (κ1) is 19.5. The van der Waals surface area contributed by atoms with E-state index in [2.05, 4.69) is 10.6 Å². The Balaban J connectivity index is 0.00000361. The second-order valence-corrected chi connectivity index (χ2v) is 5.24. The minimum Gasteiger partial charge on any atom is -0.383 e. The van der Waals surface area contributed by atoms with Crippen molar-refractivity contribution in [3.8, 4) is 0 Å². The van der Waals surface area contributed by atoms with Gasteiger partial charge in [0.05, 0.1) is 17.4 Å². The zero-order valence-electron chi connectivity index (χ0n) is 11.4. The van der Waals surface area contributed by atoms with Crippen LogP contribution in [0.1, 0.15) is 0 Å². The van der Waals surface area contributed by atoms with Gasteiger partial charge in [-0.1, -0.05) is 23.7 Å². The number of thioether (sulfide) groups is 1. The van der Waals surface area contributed by atoms with Crippen LogP contribution in [0.5, 0.6) is 0 Å². The summed E-state index contributed by atoms with van der Waals surface area (Å²) in [4.78, 5) is 12.5. The van der Waals surface area contributed by atoms with Gasteiger partial charge in [-0.15, -0.1) is 24.2 Å². The van der Waals surface area contributed by atoms with Crippen LogP contribution in [0.15, 0.2) is 29.2 Å². The van der Waals surface area contributed by atoms with Crippen LogP contribution in [-0.4, -0.2) is 45.0 Å². The molecule has 0 atom stereocenters. The molecule has 114 valence electrons. The molecule has 1 amide bonds. The number of nitrogens with one attached hydrogen (secondary N) is 2. The van der Waals surface area contributed by atoms with Crippen LogP contribution in [0.3, 0.4) is 0 Å². The molecule has 1 rings (SSSR count). The van der Waals surface area contributed by atoms with Gasteiger partial charge in [-0.25, -0.2) is 0 Å². The SMILES string of the molecule is COCCNCCNC(=O)CSc1ccccc1Cl.Cl. The minimum absolute atomic E-state index is 0. The number of ether oxygens (including phenoxy) is 1. The van der Waals surface area contributed by atoms with Gasteiger partial charge in [0.2, 0.25) is 5.91 Å². The highest BCUT2D eigenvalue weighted by Crippen LogP contribution is 2.26. The predicted molar refractivity (Wildman–Crippen MR) is 87.2 cm³/mol. The van der Waals surface area contributed by atoms with Crippen LogP contribution < -0.4 is 10.6 Å². The van der Waals surface area contributed by atoms with E-state index in [1.807, 2.05) is 24.3 Å². The molecule has 20 heavy (non-hydrogen) atoms. The van der Waals surface area contributed by atoms with E-state index in [9.17, 15) is 4.79 Å². The number of carbonyl (C=O) groups excluding carboxylic acids is 1. The van der Waals surface area contributed by atoms with Gasteiger partial charge < -0.3 is 15.4 Å². The molecule has 0 radical (unpaired) electrons. The molecule has 0 fully saturated rings. The molecule has 0 aromatic heterocycles. The summed E-state index contributed by atoms with van der Waals surface area (Å²) in [6.07, 6.45) is 0. The third-order valence-corrected chi connectivity index (χ3v) is 3.82. The van der Waals surface area contributed by atoms with Crippen molar-refractivity contribution in [2.75, 3.05) is 39.1 Å². The summed E-state index contributed by atoms with van der Waals surface area (Å²) in [5.41, 5.74) is 0. The van der Waals surface area contributed by atoms with Gasteiger partial charge in [0.25, 0.3) is 0 Å². The maximum Gasteiger partial charge on any atom is 0.230 e. The summed E-state index contributed by atoms with van der Waals surface area (Å²) >= 11 is 7.45. The van der Waals surface area contributed by atoms with E-state index >= 15 is 0 Å². The molecule has 2 N–H and O–H groups in total. The van der Waals surface area contributed by atoms with Crippen molar-refractivity contribution in [1.82, 2.24) is 10.6 Å². The fourth-order valence-electron chi connectivity index (χ4n) is 1.35. The lowest BCUT2D eigenvalue weighted by atomic mass is 10.4. The maximum absolute atomic E-state index is 11.6. The molecule has 1 aromatic carbocycles. The summed E-state index contributed by atoms with van der Waals surface area (Å²) in [7, 11) is 1.66. The standard InChI is InChI=1S/C13H19ClN2O2S.ClH/c1-18-9-8-15-6-7-16-13(17)10-19-12-5-3-2-4-11(12)14;/h2-5,15H,6-10H2,1H3,(H,16,17);1H. The molecule has 0 heterocycles. The largest absolute Gasteiger partial charge is 0.383 e. The van der Waals surface area contributed by atoms with Gasteiger partial charge in [0.1, 0.15) is 0 Å². The van der Waals surface area contributed by atoms with Crippen LogP contribution in [0, 0.1) is 0 Å². The zero-order chi connectivity index (χ0) is 13.9. The number of benzene rings is 1. The van der Waals surface area contributed by atoms with E-state index in [1.54, 1.807) is 7.11 Å². The van der Waals surface area contributed by atoms with Crippen molar-refractivity contribution in [2.24, 2.45) is 0 Å². The van der Waals surface area contributed by atoms with Crippen LogP contribution in [0.2, 0.25) is 5.02 Å². The van der Waals surface area contributed by atoms with Crippen molar-refractivity contribution in [3.05, 3.63) is 29.3 Å². The first-order chi connectivity index (χ1) is 9.24. The van der Waals surface area contributed by atoms with E-state index in [-0.39, 0.29) is 18.3 Å². The highest BCUT2D eigenvalue weighted by atomic mass is 35.5. The number of hydrogen-bond acceptors (Lipinski definition) is 4. The maximum atomic E-state index is 11.6. The van der Waals surface area contributed by atoms with Crippen LogP contribution in [0.25, 0.3) is 0 Å². The molecule has 0 aliphatic carbocycles. The summed E-state index contributed by atoms with van der Waals surface area (Å²) in [6, 6.07) is 7.51. The summed E-state index contributed by atoms with van der Waals surface area (Å²) in [6.45, 7) is 2.83. The van der Waals surface area contributed by atoms with Gasteiger partial charge in [-0.05, 0) is 12.1 Å². The van der Waals surface area contributed by atoms with Crippen molar-refractivity contribution >= 4 is 41.7 Å². The number of hydrogen-bond donors (Lipinski definition) is 2. The van der Waals surface area contributed by atoms with Crippen molar-refractivity contribution < 1.29 is 9.53 Å². The number of amides is 1. The first-order valence-electron chi connectivity index (χ1n) is 6.07. The Labute approximate surface area is 135 Å². The molecule has 7 heteroatoms. The summed E-state index contributed by atoms with van der Waals surface area (Å²) in [5, 5.41) is 6.68. The van der Waals surface area contributed by atoms with Gasteiger partial charge >= 0.3 is 0 Å². The normalized spacial score (nSPS) is 9.90. The number of methoxy groups -OCH3 is 1. The molecule has 0 spiro atoms. The van der Waals surface area contributed by atoms with Gasteiger partial charge in [0, 0.05) is 31.6 Å². The number of carbonyl (C=O) groups is 1. The van der Waals surface area contributed by atoms with E-state index in [4.69, 9.17) is 16.3 Å². The monoisotopic (exact) mass is 338 g/mol. The fraction of sp³-hybridized carbons (Fsp3) is 0.462. The van der Waals surface area contributed by atoms with Crippen LogP contribution in [0.4, 0.5) is 0 Å². The first-order valence-corrected chi connectivity index (χ1v) is 7.44. The van der Waals surface area contributed by atoms with Gasteiger partial charge in [-0.2, -0.15) is 0 Å². The Morgan fingerprint density at radius 3 is 2.75 bits per heavy atom. The Hall–Kier alpha value is -0.460. The quantitative estimate of drug-likeness (QED) is 0.535. The highest BCUT2D eigenvalue weighted by Gasteiger charge is 2.04. The Bertz CT molecular complexity index is 394. The average Bonchev–Trinajstić information content (AvgIpc) is 2.42. The Kier molecular flexibility index (Phi) is 12.0. The van der Waals surface area contributed by atoms with E-state index < -0.39 is 0 Å². The summed E-state index contributed by atoms with van der Waals surface area (Å²) < 4.78 is 4.90. The third kappa shape index (κ3) is 8.66. The molecule has 0 aliphatic heterocycles. The second-order valence-electron chi connectivity index (χ2n) is 3.81. The molecule has 0 unspecified atom stereocenters. The number of rotatable bonds is 9. The van der Waals surface area contributed by atoms with Crippen molar-refractivity contribution in [1.29, 1.82) is 0 Å². The van der Waals surface area contributed by atoms with Crippen LogP contribution >= 0.6 is 35.8 Å². The van der Waals surface area contributed by atoms with E-state index in [1.165, 1.54) is 11.8 Å².